The van der Waals surface area contributed by atoms with Crippen LogP contribution in [0, 0.1) is 0 Å². The van der Waals surface area contributed by atoms with Crippen molar-refractivity contribution in [3.05, 3.63) is 205 Å². The van der Waals surface area contributed by atoms with Gasteiger partial charge in [-0.3, -0.25) is 0 Å². The number of fused-ring (bicyclic) bond motifs is 6. The first kappa shape index (κ1) is 31.9. The highest BCUT2D eigenvalue weighted by Crippen LogP contribution is 2.54. The molecule has 0 amide bonds. The van der Waals surface area contributed by atoms with Crippen LogP contribution in [0.2, 0.25) is 0 Å². The Morgan fingerprint density at radius 2 is 0.944 bits per heavy atom. The normalized spacial score (nSPS) is 12.8. The second kappa shape index (κ2) is 12.7. The van der Waals surface area contributed by atoms with Gasteiger partial charge in [0.25, 0.3) is 0 Å². The lowest BCUT2D eigenvalue weighted by Crippen LogP contribution is -2.16. The minimum Gasteiger partial charge on any atom is -0.456 e. The van der Waals surface area contributed by atoms with E-state index in [2.05, 4.69) is 212 Å². The highest BCUT2D eigenvalue weighted by atomic mass is 16.3. The Labute approximate surface area is 316 Å². The highest BCUT2D eigenvalue weighted by molar-refractivity contribution is 5.99. The zero-order valence-corrected chi connectivity index (χ0v) is 30.3. The molecular weight excluding hydrogens is 657 g/mol. The molecule has 0 bridgehead atoms. The smallest absolute Gasteiger partial charge is 0.139 e. The molecular formula is C51H38N2O. The molecule has 0 radical (unpaired) electrons. The van der Waals surface area contributed by atoms with Crippen molar-refractivity contribution < 1.29 is 4.42 Å². The van der Waals surface area contributed by atoms with E-state index in [-0.39, 0.29) is 5.41 Å². The summed E-state index contributed by atoms with van der Waals surface area (Å²) < 4.78 is 6.46. The maximum absolute atomic E-state index is 6.46. The molecule has 0 fully saturated rings. The van der Waals surface area contributed by atoms with Crippen molar-refractivity contribution in [3.8, 4) is 22.5 Å². The Morgan fingerprint density at radius 1 is 0.426 bits per heavy atom. The second-order valence-corrected chi connectivity index (χ2v) is 14.6. The molecule has 258 valence electrons. The maximum Gasteiger partial charge on any atom is 0.139 e. The van der Waals surface area contributed by atoms with E-state index in [0.717, 1.165) is 45.5 Å². The van der Waals surface area contributed by atoms with Gasteiger partial charge < -0.3 is 14.2 Å². The van der Waals surface area contributed by atoms with E-state index in [1.54, 1.807) is 0 Å². The summed E-state index contributed by atoms with van der Waals surface area (Å²) in [7, 11) is 0. The SMILES string of the molecule is CC1(C)c2cc(N(c3ccccc3)c3ccc(-c4ccc(N(c5ccccc5)c5cccc6ccccc56)cc4)cc3)ccc2-c2oc3ccccc3c21. The Kier molecular flexibility index (Phi) is 7.48. The molecule has 1 heterocycles. The van der Waals surface area contributed by atoms with Crippen LogP contribution in [0.25, 0.3) is 44.2 Å². The number of para-hydroxylation sites is 3. The lowest BCUT2D eigenvalue weighted by molar-refractivity contribution is 0.619. The van der Waals surface area contributed by atoms with E-state index in [9.17, 15) is 0 Å². The second-order valence-electron chi connectivity index (χ2n) is 14.6. The van der Waals surface area contributed by atoms with E-state index in [1.807, 2.05) is 6.07 Å². The summed E-state index contributed by atoms with van der Waals surface area (Å²) in [5.74, 6) is 0.994. The van der Waals surface area contributed by atoms with Crippen molar-refractivity contribution in [3.63, 3.8) is 0 Å². The Morgan fingerprint density at radius 3 is 1.63 bits per heavy atom. The van der Waals surface area contributed by atoms with Gasteiger partial charge in [-0.1, -0.05) is 129 Å². The van der Waals surface area contributed by atoms with Crippen LogP contribution in [0.3, 0.4) is 0 Å². The molecule has 0 unspecified atom stereocenters. The molecule has 0 aliphatic heterocycles. The third-order valence-electron chi connectivity index (χ3n) is 11.0. The van der Waals surface area contributed by atoms with Crippen molar-refractivity contribution in [1.82, 2.24) is 0 Å². The zero-order valence-electron chi connectivity index (χ0n) is 30.3. The number of furan rings is 1. The van der Waals surface area contributed by atoms with Crippen LogP contribution >= 0.6 is 0 Å². The molecule has 1 aliphatic rings. The van der Waals surface area contributed by atoms with E-state index >= 15 is 0 Å². The summed E-state index contributed by atoms with van der Waals surface area (Å²) in [6.45, 7) is 4.63. The van der Waals surface area contributed by atoms with Gasteiger partial charge in [-0.05, 0) is 101 Å². The Bertz CT molecular complexity index is 2780. The Balaban J connectivity index is 1.000. The molecule has 0 atom stereocenters. The molecule has 3 nitrogen and oxygen atoms in total. The summed E-state index contributed by atoms with van der Waals surface area (Å²) in [6.07, 6.45) is 0. The molecule has 8 aromatic carbocycles. The molecule has 0 spiro atoms. The van der Waals surface area contributed by atoms with Crippen LogP contribution in [0.15, 0.2) is 199 Å². The number of hydrogen-bond acceptors (Lipinski definition) is 3. The van der Waals surface area contributed by atoms with Gasteiger partial charge in [-0.25, -0.2) is 0 Å². The topological polar surface area (TPSA) is 19.6 Å². The van der Waals surface area contributed by atoms with E-state index in [1.165, 1.54) is 44.0 Å². The molecule has 1 aliphatic carbocycles. The van der Waals surface area contributed by atoms with E-state index in [4.69, 9.17) is 4.42 Å². The largest absolute Gasteiger partial charge is 0.456 e. The molecule has 1 aromatic heterocycles. The van der Waals surface area contributed by atoms with E-state index < -0.39 is 0 Å². The fourth-order valence-electron chi connectivity index (χ4n) is 8.41. The van der Waals surface area contributed by atoms with Gasteiger partial charge >= 0.3 is 0 Å². The fraction of sp³-hybridized carbons (Fsp3) is 0.0588. The summed E-state index contributed by atoms with van der Waals surface area (Å²) in [6, 6.07) is 69.4. The minimum absolute atomic E-state index is 0.199. The molecule has 10 rings (SSSR count). The predicted molar refractivity (Wildman–Crippen MR) is 226 cm³/mol. The van der Waals surface area contributed by atoms with Crippen LogP contribution < -0.4 is 9.80 Å². The van der Waals surface area contributed by atoms with Gasteiger partial charge in [-0.15, -0.1) is 0 Å². The molecule has 54 heavy (non-hydrogen) atoms. The molecule has 3 heteroatoms. The number of benzene rings is 8. The van der Waals surface area contributed by atoms with Gasteiger partial charge in [0, 0.05) is 55.8 Å². The third-order valence-corrected chi connectivity index (χ3v) is 11.0. The highest BCUT2D eigenvalue weighted by Gasteiger charge is 2.40. The zero-order chi connectivity index (χ0) is 36.2. The standard InChI is InChI=1S/C51H38N2O/c1-51(2)46-34-42(32-33-44(46)50-49(51)45-21-11-12-23-48(45)54-50)52(38-16-5-3-6-17-38)40-28-24-35(25-29-40)36-26-30-41(31-27-36)53(39-18-7-4-8-19-39)47-22-13-15-37-14-9-10-20-43(37)47/h3-34H,1-2H3. The first-order valence-electron chi connectivity index (χ1n) is 18.6. The Hall–Kier alpha value is -6.84. The van der Waals surface area contributed by atoms with Gasteiger partial charge in [-0.2, -0.15) is 0 Å². The van der Waals surface area contributed by atoms with Crippen LogP contribution in [0.5, 0.6) is 0 Å². The molecule has 0 saturated heterocycles. The van der Waals surface area contributed by atoms with Crippen LogP contribution in [-0.2, 0) is 5.41 Å². The first-order valence-corrected chi connectivity index (χ1v) is 18.6. The number of rotatable bonds is 7. The molecule has 9 aromatic rings. The lowest BCUT2D eigenvalue weighted by Gasteiger charge is -2.28. The minimum atomic E-state index is -0.199. The van der Waals surface area contributed by atoms with Gasteiger partial charge in [0.15, 0.2) is 0 Å². The summed E-state index contributed by atoms with van der Waals surface area (Å²) in [4.78, 5) is 4.70. The monoisotopic (exact) mass is 694 g/mol. The van der Waals surface area contributed by atoms with Gasteiger partial charge in [0.1, 0.15) is 11.3 Å². The first-order chi connectivity index (χ1) is 26.5. The van der Waals surface area contributed by atoms with Crippen LogP contribution in [0.1, 0.15) is 25.0 Å². The average Bonchev–Trinajstić information content (AvgIpc) is 3.72. The quantitative estimate of drug-likeness (QED) is 0.166. The summed E-state index contributed by atoms with van der Waals surface area (Å²) in [5, 5.41) is 3.64. The predicted octanol–water partition coefficient (Wildman–Crippen LogP) is 14.5. The van der Waals surface area contributed by atoms with Crippen molar-refractivity contribution in [2.24, 2.45) is 0 Å². The van der Waals surface area contributed by atoms with Crippen LogP contribution in [-0.4, -0.2) is 0 Å². The maximum atomic E-state index is 6.46. The third kappa shape index (κ3) is 5.20. The van der Waals surface area contributed by atoms with Crippen molar-refractivity contribution in [2.45, 2.75) is 19.3 Å². The average molecular weight is 695 g/mol. The number of hydrogen-bond donors (Lipinski definition) is 0. The summed E-state index contributed by atoms with van der Waals surface area (Å²) >= 11 is 0. The molecule has 0 N–H and O–H groups in total. The van der Waals surface area contributed by atoms with Gasteiger partial charge in [0.2, 0.25) is 0 Å². The number of nitrogens with zero attached hydrogens (tertiary/aromatic N) is 2. The van der Waals surface area contributed by atoms with E-state index in [0.29, 0.717) is 0 Å². The summed E-state index contributed by atoms with van der Waals surface area (Å²) in [5.41, 5.74) is 13.5. The fourth-order valence-corrected chi connectivity index (χ4v) is 8.41. The lowest BCUT2D eigenvalue weighted by atomic mass is 9.81. The van der Waals surface area contributed by atoms with Crippen molar-refractivity contribution in [1.29, 1.82) is 0 Å². The van der Waals surface area contributed by atoms with Crippen molar-refractivity contribution >= 4 is 55.9 Å². The van der Waals surface area contributed by atoms with Crippen LogP contribution in [0.4, 0.5) is 34.1 Å². The van der Waals surface area contributed by atoms with Crippen molar-refractivity contribution in [2.75, 3.05) is 9.80 Å². The number of anilines is 6. The molecule has 0 saturated carbocycles. The van der Waals surface area contributed by atoms with Gasteiger partial charge in [0.05, 0.1) is 5.69 Å².